The first-order valence-electron chi connectivity index (χ1n) is 10.3. The molecule has 3 heterocycles. The lowest BCUT2D eigenvalue weighted by Crippen LogP contribution is -2.28. The van der Waals surface area contributed by atoms with Crippen LogP contribution in [-0.2, 0) is 12.6 Å². The third-order valence-electron chi connectivity index (χ3n) is 5.44. The number of aromatic amines is 1. The molecule has 2 aromatic heterocycles. The molecule has 0 bridgehead atoms. The minimum atomic E-state index is -4.40. The summed E-state index contributed by atoms with van der Waals surface area (Å²) in [6.45, 7) is 4.80. The molecule has 0 spiro atoms. The molecule has 4 rings (SSSR count). The van der Waals surface area contributed by atoms with Crippen molar-refractivity contribution in [3.8, 4) is 5.75 Å². The van der Waals surface area contributed by atoms with E-state index >= 15 is 0 Å². The molecule has 170 valence electrons. The van der Waals surface area contributed by atoms with E-state index in [1.165, 1.54) is 12.1 Å². The number of alkyl halides is 3. The number of ether oxygens (including phenoxy) is 1. The molecule has 1 aliphatic rings. The van der Waals surface area contributed by atoms with E-state index < -0.39 is 11.7 Å². The number of carbonyl (C=O) groups is 1. The summed E-state index contributed by atoms with van der Waals surface area (Å²) in [5.41, 5.74) is 1.51. The van der Waals surface area contributed by atoms with Gasteiger partial charge in [0.25, 0.3) is 5.91 Å². The topological polar surface area (TPSA) is 84.3 Å². The van der Waals surface area contributed by atoms with E-state index in [4.69, 9.17) is 9.15 Å². The summed E-state index contributed by atoms with van der Waals surface area (Å²) >= 11 is 0. The summed E-state index contributed by atoms with van der Waals surface area (Å²) in [4.78, 5) is 18.6. The number of aryl methyl sites for hydroxylation is 2. The van der Waals surface area contributed by atoms with E-state index in [1.54, 1.807) is 18.7 Å². The first-order chi connectivity index (χ1) is 15.2. The summed E-state index contributed by atoms with van der Waals surface area (Å²) in [6.07, 6.45) is -3.16. The fraction of sp³-hybridized carbons (Fsp3) is 0.409. The second-order valence-corrected chi connectivity index (χ2v) is 7.83. The van der Waals surface area contributed by atoms with Crippen LogP contribution >= 0.6 is 0 Å². The van der Waals surface area contributed by atoms with Crippen LogP contribution in [0.1, 0.15) is 51.4 Å². The highest BCUT2D eigenvalue weighted by atomic mass is 19.4. The van der Waals surface area contributed by atoms with Crippen molar-refractivity contribution in [2.45, 2.75) is 38.8 Å². The van der Waals surface area contributed by atoms with Crippen LogP contribution in [0.25, 0.3) is 0 Å². The van der Waals surface area contributed by atoms with Gasteiger partial charge in [-0.2, -0.15) is 18.3 Å². The predicted octanol–water partition coefficient (Wildman–Crippen LogP) is 4.28. The van der Waals surface area contributed by atoms with Gasteiger partial charge in [0.05, 0.1) is 23.6 Å². The average Bonchev–Trinajstić information content (AvgIpc) is 3.47. The number of H-pyrrole nitrogens is 1. The van der Waals surface area contributed by atoms with Gasteiger partial charge < -0.3 is 14.1 Å². The van der Waals surface area contributed by atoms with Crippen molar-refractivity contribution < 1.29 is 27.1 Å². The molecule has 3 aromatic rings. The van der Waals surface area contributed by atoms with E-state index in [-0.39, 0.29) is 29.9 Å². The molecule has 1 fully saturated rings. The Morgan fingerprint density at radius 1 is 1.31 bits per heavy atom. The molecule has 32 heavy (non-hydrogen) atoms. The highest BCUT2D eigenvalue weighted by Gasteiger charge is 2.32. The maximum atomic E-state index is 12.8. The summed E-state index contributed by atoms with van der Waals surface area (Å²) in [6, 6.07) is 6.73. The highest BCUT2D eigenvalue weighted by molar-refractivity contribution is 5.92. The Kier molecular flexibility index (Phi) is 5.94. The number of nitrogens with zero attached hydrogens (tertiary/aromatic N) is 3. The van der Waals surface area contributed by atoms with Crippen LogP contribution in [0.4, 0.5) is 13.2 Å². The van der Waals surface area contributed by atoms with Gasteiger partial charge in [-0.15, -0.1) is 0 Å². The Labute approximate surface area is 182 Å². The van der Waals surface area contributed by atoms with Gasteiger partial charge >= 0.3 is 6.18 Å². The maximum Gasteiger partial charge on any atom is 0.416 e. The minimum absolute atomic E-state index is 0.0951. The zero-order chi connectivity index (χ0) is 22.9. The smallest absolute Gasteiger partial charge is 0.416 e. The molecule has 10 heteroatoms. The predicted molar refractivity (Wildman–Crippen MR) is 108 cm³/mol. The van der Waals surface area contributed by atoms with Crippen LogP contribution < -0.4 is 4.74 Å². The van der Waals surface area contributed by atoms with Crippen molar-refractivity contribution in [2.75, 3.05) is 19.7 Å². The van der Waals surface area contributed by atoms with E-state index in [0.717, 1.165) is 29.9 Å². The average molecular weight is 448 g/mol. The van der Waals surface area contributed by atoms with Crippen LogP contribution in [0.2, 0.25) is 0 Å². The first-order valence-corrected chi connectivity index (χ1v) is 10.3. The van der Waals surface area contributed by atoms with Gasteiger partial charge in [-0.05, 0) is 37.6 Å². The van der Waals surface area contributed by atoms with E-state index in [9.17, 15) is 18.0 Å². The monoisotopic (exact) mass is 448 g/mol. The Hall–Kier alpha value is -3.30. The minimum Gasteiger partial charge on any atom is -0.493 e. The normalized spacial score (nSPS) is 16.5. The van der Waals surface area contributed by atoms with Gasteiger partial charge in [0.2, 0.25) is 5.76 Å². The van der Waals surface area contributed by atoms with Gasteiger partial charge in [-0.25, -0.2) is 4.98 Å². The van der Waals surface area contributed by atoms with E-state index in [0.29, 0.717) is 31.1 Å². The number of hydrogen-bond acceptors (Lipinski definition) is 5. The van der Waals surface area contributed by atoms with Crippen molar-refractivity contribution >= 4 is 5.91 Å². The largest absolute Gasteiger partial charge is 0.493 e. The zero-order valence-electron chi connectivity index (χ0n) is 17.7. The molecule has 0 aliphatic carbocycles. The number of oxazole rings is 1. The van der Waals surface area contributed by atoms with Crippen molar-refractivity contribution in [2.24, 2.45) is 0 Å². The molecule has 7 nitrogen and oxygen atoms in total. The van der Waals surface area contributed by atoms with Crippen LogP contribution in [0.5, 0.6) is 5.75 Å². The molecule has 1 amide bonds. The molecule has 1 unspecified atom stereocenters. The number of rotatable bonds is 6. The van der Waals surface area contributed by atoms with Crippen LogP contribution in [0.15, 0.2) is 34.7 Å². The molecule has 1 aromatic carbocycles. The van der Waals surface area contributed by atoms with Crippen LogP contribution in [0.3, 0.4) is 0 Å². The van der Waals surface area contributed by atoms with Crippen molar-refractivity contribution in [1.29, 1.82) is 0 Å². The number of nitrogens with one attached hydrogen (secondary N) is 1. The number of benzene rings is 1. The fourth-order valence-corrected chi connectivity index (χ4v) is 3.82. The van der Waals surface area contributed by atoms with Gasteiger partial charge in [0, 0.05) is 38.0 Å². The van der Waals surface area contributed by atoms with Gasteiger partial charge in [-0.1, -0.05) is 6.07 Å². The van der Waals surface area contributed by atoms with Gasteiger partial charge in [0.1, 0.15) is 5.75 Å². The lowest BCUT2D eigenvalue weighted by molar-refractivity contribution is -0.137. The Bertz CT molecular complexity index is 1110. The summed E-state index contributed by atoms with van der Waals surface area (Å²) in [5.74, 6) is 0.833. The van der Waals surface area contributed by atoms with Crippen LogP contribution in [0, 0.1) is 13.8 Å². The van der Waals surface area contributed by atoms with Crippen molar-refractivity contribution in [1.82, 2.24) is 20.1 Å². The molecule has 1 aliphatic heterocycles. The SMILES string of the molecule is Cc1nc(C)c(C(=O)N2CCC(c3cc(CCOc4cccc(C(F)(F)F)c4)[nH]n3)C2)o1. The summed E-state index contributed by atoms with van der Waals surface area (Å²) < 4.78 is 49.3. The third-order valence-corrected chi connectivity index (χ3v) is 5.44. The Morgan fingerprint density at radius 2 is 2.12 bits per heavy atom. The van der Waals surface area contributed by atoms with Crippen molar-refractivity contribution in [3.05, 3.63) is 64.6 Å². The molecule has 1 N–H and O–H groups in total. The molecular weight excluding hydrogens is 425 g/mol. The van der Waals surface area contributed by atoms with Crippen LogP contribution in [-0.4, -0.2) is 45.7 Å². The summed E-state index contributed by atoms with van der Waals surface area (Å²) in [7, 11) is 0. The fourth-order valence-electron chi connectivity index (χ4n) is 3.82. The molecule has 0 saturated carbocycles. The first kappa shape index (κ1) is 21.9. The standard InChI is InChI=1S/C22H23F3N4O3/c1-13-20(32-14(2)26-13)21(30)29-8-6-15(12-29)19-11-17(27-28-19)7-9-31-18-5-3-4-16(10-18)22(23,24)25/h3-5,10-11,15H,6-9,12H2,1-2H3,(H,27,28). The molecule has 1 saturated heterocycles. The second kappa shape index (κ2) is 8.68. The second-order valence-electron chi connectivity index (χ2n) is 7.83. The van der Waals surface area contributed by atoms with Gasteiger partial charge in [0.15, 0.2) is 5.89 Å². The lowest BCUT2D eigenvalue weighted by atomic mass is 10.0. The van der Waals surface area contributed by atoms with Crippen molar-refractivity contribution in [3.63, 3.8) is 0 Å². The third kappa shape index (κ3) is 4.79. The van der Waals surface area contributed by atoms with E-state index in [2.05, 4.69) is 15.2 Å². The number of amides is 1. The van der Waals surface area contributed by atoms with Gasteiger partial charge in [-0.3, -0.25) is 9.89 Å². The van der Waals surface area contributed by atoms with E-state index in [1.807, 2.05) is 6.07 Å². The summed E-state index contributed by atoms with van der Waals surface area (Å²) in [5, 5.41) is 7.31. The number of likely N-dealkylation sites (tertiary alicyclic amines) is 1. The Morgan fingerprint density at radius 3 is 2.84 bits per heavy atom. The maximum absolute atomic E-state index is 12.8. The molecule has 1 atom stereocenters. The highest BCUT2D eigenvalue weighted by Crippen LogP contribution is 2.31. The number of halogens is 3. The number of hydrogen-bond donors (Lipinski definition) is 1. The Balaban J connectivity index is 1.31. The number of carbonyl (C=O) groups excluding carboxylic acids is 1. The lowest BCUT2D eigenvalue weighted by Gasteiger charge is -2.14. The zero-order valence-corrected chi connectivity index (χ0v) is 17.7. The number of aromatic nitrogens is 3. The molecule has 0 radical (unpaired) electrons. The molecular formula is C22H23F3N4O3. The quantitative estimate of drug-likeness (QED) is 0.608.